The summed E-state index contributed by atoms with van der Waals surface area (Å²) in [5.74, 6) is 2.02. The molecule has 2 aromatic heterocycles. The Morgan fingerprint density at radius 3 is 2.80 bits per heavy atom. The van der Waals surface area contributed by atoms with Gasteiger partial charge in [-0.2, -0.15) is 0 Å². The van der Waals surface area contributed by atoms with E-state index in [1.165, 1.54) is 0 Å². The SMILES string of the molecule is Cc1cc(C(=O)N2CC(Oc3ccccn3)C2)c(C)o1. The maximum absolute atomic E-state index is 12.3. The first-order chi connectivity index (χ1) is 9.63. The zero-order chi connectivity index (χ0) is 14.1. The summed E-state index contributed by atoms with van der Waals surface area (Å²) in [7, 11) is 0. The van der Waals surface area contributed by atoms with Gasteiger partial charge in [-0.25, -0.2) is 4.98 Å². The fraction of sp³-hybridized carbons (Fsp3) is 0.333. The maximum Gasteiger partial charge on any atom is 0.257 e. The van der Waals surface area contributed by atoms with E-state index in [1.807, 2.05) is 32.0 Å². The predicted molar refractivity (Wildman–Crippen MR) is 72.7 cm³/mol. The van der Waals surface area contributed by atoms with E-state index in [1.54, 1.807) is 17.2 Å². The molecule has 5 heteroatoms. The van der Waals surface area contributed by atoms with Gasteiger partial charge in [-0.05, 0) is 26.0 Å². The average Bonchev–Trinajstić information content (AvgIpc) is 2.73. The summed E-state index contributed by atoms with van der Waals surface area (Å²) in [6.45, 7) is 4.81. The maximum atomic E-state index is 12.3. The van der Waals surface area contributed by atoms with Gasteiger partial charge >= 0.3 is 0 Å². The van der Waals surface area contributed by atoms with Crippen molar-refractivity contribution < 1.29 is 13.9 Å². The number of likely N-dealkylation sites (tertiary alicyclic amines) is 1. The topological polar surface area (TPSA) is 55.6 Å². The predicted octanol–water partition coefficient (Wildman–Crippen LogP) is 2.19. The highest BCUT2D eigenvalue weighted by Crippen LogP contribution is 2.21. The third-order valence-electron chi connectivity index (χ3n) is 3.33. The van der Waals surface area contributed by atoms with Crippen molar-refractivity contribution in [2.45, 2.75) is 20.0 Å². The van der Waals surface area contributed by atoms with Crippen LogP contribution in [0.25, 0.3) is 0 Å². The Labute approximate surface area is 117 Å². The molecule has 1 amide bonds. The van der Waals surface area contributed by atoms with E-state index in [4.69, 9.17) is 9.15 Å². The lowest BCUT2D eigenvalue weighted by Crippen LogP contribution is -2.56. The molecule has 0 unspecified atom stereocenters. The smallest absolute Gasteiger partial charge is 0.257 e. The molecule has 1 fully saturated rings. The summed E-state index contributed by atoms with van der Waals surface area (Å²) in [5, 5.41) is 0. The number of aromatic nitrogens is 1. The highest BCUT2D eigenvalue weighted by atomic mass is 16.5. The van der Waals surface area contributed by atoms with Crippen molar-refractivity contribution in [3.63, 3.8) is 0 Å². The van der Waals surface area contributed by atoms with Crippen molar-refractivity contribution in [1.29, 1.82) is 0 Å². The molecule has 2 aromatic rings. The Morgan fingerprint density at radius 1 is 1.40 bits per heavy atom. The summed E-state index contributed by atoms with van der Waals surface area (Å²) in [6, 6.07) is 7.31. The molecule has 1 aliphatic rings. The van der Waals surface area contributed by atoms with E-state index in [9.17, 15) is 4.79 Å². The molecule has 1 aliphatic heterocycles. The van der Waals surface area contributed by atoms with Crippen LogP contribution in [0.4, 0.5) is 0 Å². The van der Waals surface area contributed by atoms with E-state index in [0.29, 0.717) is 30.3 Å². The van der Waals surface area contributed by atoms with Gasteiger partial charge in [-0.1, -0.05) is 6.07 Å². The van der Waals surface area contributed by atoms with Crippen LogP contribution in [0.2, 0.25) is 0 Å². The number of pyridine rings is 1. The molecule has 20 heavy (non-hydrogen) atoms. The van der Waals surface area contributed by atoms with Crippen LogP contribution in [0.1, 0.15) is 21.9 Å². The quantitative estimate of drug-likeness (QED) is 0.859. The molecule has 0 spiro atoms. The molecular weight excluding hydrogens is 256 g/mol. The second-order valence-corrected chi connectivity index (χ2v) is 4.94. The van der Waals surface area contributed by atoms with Crippen LogP contribution in [0.15, 0.2) is 34.9 Å². The molecule has 0 radical (unpaired) electrons. The number of aryl methyl sites for hydroxylation is 2. The van der Waals surface area contributed by atoms with Crippen LogP contribution in [0.3, 0.4) is 0 Å². The molecule has 3 rings (SSSR count). The molecular formula is C15H16N2O3. The molecule has 0 aliphatic carbocycles. The minimum Gasteiger partial charge on any atom is -0.471 e. The highest BCUT2D eigenvalue weighted by molar-refractivity contribution is 5.95. The Balaban J connectivity index is 1.58. The molecule has 0 bridgehead atoms. The molecule has 0 aromatic carbocycles. The zero-order valence-corrected chi connectivity index (χ0v) is 11.5. The van der Waals surface area contributed by atoms with E-state index < -0.39 is 0 Å². The van der Waals surface area contributed by atoms with Gasteiger partial charge < -0.3 is 14.1 Å². The summed E-state index contributed by atoms with van der Waals surface area (Å²) in [5.41, 5.74) is 0.638. The molecule has 5 nitrogen and oxygen atoms in total. The number of carbonyl (C=O) groups excluding carboxylic acids is 1. The standard InChI is InChI=1S/C15H16N2O3/c1-10-7-13(11(2)19-10)15(18)17-8-12(9-17)20-14-5-3-4-6-16-14/h3-7,12H,8-9H2,1-2H3. The van der Waals surface area contributed by atoms with Crippen LogP contribution >= 0.6 is 0 Å². The summed E-state index contributed by atoms with van der Waals surface area (Å²) in [6.07, 6.45) is 1.70. The van der Waals surface area contributed by atoms with Gasteiger partial charge in [-0.15, -0.1) is 0 Å². The molecule has 0 atom stereocenters. The van der Waals surface area contributed by atoms with E-state index >= 15 is 0 Å². The summed E-state index contributed by atoms with van der Waals surface area (Å²) >= 11 is 0. The number of hydrogen-bond donors (Lipinski definition) is 0. The summed E-state index contributed by atoms with van der Waals surface area (Å²) < 4.78 is 11.1. The minimum atomic E-state index is 0.000205. The zero-order valence-electron chi connectivity index (χ0n) is 11.5. The van der Waals surface area contributed by atoms with Gasteiger partial charge in [0.1, 0.15) is 17.6 Å². The van der Waals surface area contributed by atoms with Gasteiger partial charge in [0.05, 0.1) is 18.7 Å². The third kappa shape index (κ3) is 2.39. The first kappa shape index (κ1) is 12.7. The van der Waals surface area contributed by atoms with Crippen molar-refractivity contribution in [3.8, 4) is 5.88 Å². The molecule has 3 heterocycles. The van der Waals surface area contributed by atoms with Crippen molar-refractivity contribution in [3.05, 3.63) is 47.5 Å². The Bertz CT molecular complexity index is 615. The molecule has 1 saturated heterocycles. The first-order valence-corrected chi connectivity index (χ1v) is 6.57. The second-order valence-electron chi connectivity index (χ2n) is 4.94. The molecule has 104 valence electrons. The van der Waals surface area contributed by atoms with Crippen molar-refractivity contribution in [1.82, 2.24) is 9.88 Å². The second kappa shape index (κ2) is 5.00. The van der Waals surface area contributed by atoms with E-state index in [0.717, 1.165) is 5.76 Å². The van der Waals surface area contributed by atoms with Crippen molar-refractivity contribution in [2.75, 3.05) is 13.1 Å². The van der Waals surface area contributed by atoms with Crippen molar-refractivity contribution >= 4 is 5.91 Å². The average molecular weight is 272 g/mol. The normalized spacial score (nSPS) is 15.0. The van der Waals surface area contributed by atoms with Gasteiger partial charge in [0.15, 0.2) is 0 Å². The fourth-order valence-electron chi connectivity index (χ4n) is 2.28. The number of carbonyl (C=O) groups is 1. The lowest BCUT2D eigenvalue weighted by Gasteiger charge is -2.38. The van der Waals surface area contributed by atoms with Crippen LogP contribution < -0.4 is 4.74 Å². The minimum absolute atomic E-state index is 0.000205. The highest BCUT2D eigenvalue weighted by Gasteiger charge is 2.34. The van der Waals surface area contributed by atoms with Gasteiger partial charge in [0.25, 0.3) is 5.91 Å². The Morgan fingerprint density at radius 2 is 2.20 bits per heavy atom. The largest absolute Gasteiger partial charge is 0.471 e. The fourth-order valence-corrected chi connectivity index (χ4v) is 2.28. The van der Waals surface area contributed by atoms with Gasteiger partial charge in [0, 0.05) is 12.3 Å². The number of ether oxygens (including phenoxy) is 1. The Hall–Kier alpha value is -2.30. The Kier molecular flexibility index (Phi) is 3.18. The number of nitrogens with zero attached hydrogens (tertiary/aromatic N) is 2. The van der Waals surface area contributed by atoms with Crippen molar-refractivity contribution in [2.24, 2.45) is 0 Å². The lowest BCUT2D eigenvalue weighted by atomic mass is 10.1. The first-order valence-electron chi connectivity index (χ1n) is 6.57. The number of rotatable bonds is 3. The molecule has 0 N–H and O–H groups in total. The number of amides is 1. The molecule has 0 saturated carbocycles. The van der Waals surface area contributed by atoms with Crippen LogP contribution in [0.5, 0.6) is 5.88 Å². The number of hydrogen-bond acceptors (Lipinski definition) is 4. The monoisotopic (exact) mass is 272 g/mol. The number of furan rings is 1. The van der Waals surface area contributed by atoms with Crippen LogP contribution in [0, 0.1) is 13.8 Å². The van der Waals surface area contributed by atoms with Gasteiger partial charge in [0.2, 0.25) is 5.88 Å². The third-order valence-corrected chi connectivity index (χ3v) is 3.33. The van der Waals surface area contributed by atoms with Crippen LogP contribution in [-0.2, 0) is 0 Å². The van der Waals surface area contributed by atoms with E-state index in [2.05, 4.69) is 4.98 Å². The van der Waals surface area contributed by atoms with Crippen LogP contribution in [-0.4, -0.2) is 35.0 Å². The van der Waals surface area contributed by atoms with Gasteiger partial charge in [-0.3, -0.25) is 4.79 Å². The summed E-state index contributed by atoms with van der Waals surface area (Å²) in [4.78, 5) is 18.1. The van der Waals surface area contributed by atoms with E-state index in [-0.39, 0.29) is 12.0 Å². The lowest BCUT2D eigenvalue weighted by molar-refractivity contribution is 0.0159.